The van der Waals surface area contributed by atoms with E-state index in [-0.39, 0.29) is 5.41 Å². The monoisotopic (exact) mass is 269 g/mol. The predicted molar refractivity (Wildman–Crippen MR) is 76.2 cm³/mol. The summed E-state index contributed by atoms with van der Waals surface area (Å²) in [5, 5.41) is 3.40. The largest absolute Gasteiger partial charge is 0.316 e. The zero-order valence-corrected chi connectivity index (χ0v) is 12.4. The topological polar surface area (TPSA) is 12.0 Å². The highest BCUT2D eigenvalue weighted by molar-refractivity contribution is 5.18. The third kappa shape index (κ3) is 5.68. The summed E-state index contributed by atoms with van der Waals surface area (Å²) in [6.45, 7) is 10.5. The minimum Gasteiger partial charge on any atom is -0.316 e. The van der Waals surface area contributed by atoms with Crippen LogP contribution in [0.2, 0.25) is 0 Å². The molecule has 0 fully saturated rings. The molecule has 0 aromatic heterocycles. The van der Waals surface area contributed by atoms with Crippen molar-refractivity contribution in [2.24, 2.45) is 11.3 Å². The van der Waals surface area contributed by atoms with Crippen LogP contribution in [0.15, 0.2) is 18.2 Å². The lowest BCUT2D eigenvalue weighted by atomic mass is 9.77. The van der Waals surface area contributed by atoms with Gasteiger partial charge in [-0.3, -0.25) is 0 Å². The Kier molecular flexibility index (Phi) is 5.92. The van der Waals surface area contributed by atoms with Gasteiger partial charge in [0, 0.05) is 6.07 Å². The molecule has 0 radical (unpaired) electrons. The first-order valence-corrected chi connectivity index (χ1v) is 6.98. The lowest BCUT2D eigenvalue weighted by molar-refractivity contribution is 0.230. The summed E-state index contributed by atoms with van der Waals surface area (Å²) < 4.78 is 26.5. The Morgan fingerprint density at radius 2 is 1.68 bits per heavy atom. The first kappa shape index (κ1) is 16.1. The van der Waals surface area contributed by atoms with Crippen LogP contribution in [0.25, 0.3) is 0 Å². The first-order valence-electron chi connectivity index (χ1n) is 6.98. The van der Waals surface area contributed by atoms with Crippen molar-refractivity contribution >= 4 is 0 Å². The smallest absolute Gasteiger partial charge is 0.126 e. The fourth-order valence-corrected chi connectivity index (χ4v) is 2.15. The molecular weight excluding hydrogens is 244 g/mol. The molecule has 0 saturated heterocycles. The van der Waals surface area contributed by atoms with Crippen LogP contribution in [0.1, 0.15) is 39.7 Å². The number of hydrogen-bond acceptors (Lipinski definition) is 1. The van der Waals surface area contributed by atoms with Crippen molar-refractivity contribution in [1.82, 2.24) is 5.32 Å². The van der Waals surface area contributed by atoms with E-state index in [4.69, 9.17) is 0 Å². The first-order chi connectivity index (χ1) is 8.82. The molecule has 1 N–H and O–H groups in total. The molecule has 0 aliphatic heterocycles. The Hall–Kier alpha value is -0.960. The van der Waals surface area contributed by atoms with Crippen LogP contribution in [0.3, 0.4) is 0 Å². The van der Waals surface area contributed by atoms with Crippen LogP contribution in [0.4, 0.5) is 8.78 Å². The minimum atomic E-state index is -0.496. The van der Waals surface area contributed by atoms with Crippen LogP contribution >= 0.6 is 0 Å². The molecule has 108 valence electrons. The Labute approximate surface area is 115 Å². The number of rotatable bonds is 6. The van der Waals surface area contributed by atoms with E-state index < -0.39 is 11.6 Å². The summed E-state index contributed by atoms with van der Waals surface area (Å²) in [6, 6.07) is 3.79. The molecule has 0 spiro atoms. The number of nitrogens with one attached hydrogen (secondary N) is 1. The third-order valence-electron chi connectivity index (χ3n) is 3.45. The summed E-state index contributed by atoms with van der Waals surface area (Å²) in [5.74, 6) is -0.645. The van der Waals surface area contributed by atoms with Gasteiger partial charge < -0.3 is 5.32 Å². The van der Waals surface area contributed by atoms with Crippen LogP contribution in [-0.4, -0.2) is 13.1 Å². The van der Waals surface area contributed by atoms with Crippen molar-refractivity contribution in [3.05, 3.63) is 35.4 Å². The van der Waals surface area contributed by atoms with E-state index in [0.717, 1.165) is 31.1 Å². The molecule has 1 rings (SSSR count). The number of benzene rings is 1. The fourth-order valence-electron chi connectivity index (χ4n) is 2.15. The van der Waals surface area contributed by atoms with Crippen LogP contribution in [0, 0.1) is 23.0 Å². The van der Waals surface area contributed by atoms with Gasteiger partial charge in [-0.1, -0.05) is 27.7 Å². The van der Waals surface area contributed by atoms with Crippen LogP contribution in [0.5, 0.6) is 0 Å². The van der Waals surface area contributed by atoms with Gasteiger partial charge in [0.15, 0.2) is 0 Å². The fraction of sp³-hybridized carbons (Fsp3) is 0.625. The lowest BCUT2D eigenvalue weighted by Crippen LogP contribution is -2.33. The molecule has 0 amide bonds. The van der Waals surface area contributed by atoms with Crippen molar-refractivity contribution in [1.29, 1.82) is 0 Å². The normalized spacial score (nSPS) is 13.6. The van der Waals surface area contributed by atoms with Crippen LogP contribution < -0.4 is 5.32 Å². The summed E-state index contributed by atoms with van der Waals surface area (Å²) in [5.41, 5.74) is 0.833. The Morgan fingerprint density at radius 1 is 1.11 bits per heavy atom. The average molecular weight is 269 g/mol. The summed E-state index contributed by atoms with van der Waals surface area (Å²) in [4.78, 5) is 0. The molecule has 0 aliphatic carbocycles. The molecule has 0 saturated carbocycles. The van der Waals surface area contributed by atoms with Gasteiger partial charge in [0.2, 0.25) is 0 Å². The summed E-state index contributed by atoms with van der Waals surface area (Å²) >= 11 is 0. The van der Waals surface area contributed by atoms with E-state index in [1.54, 1.807) is 0 Å². The molecule has 0 aliphatic rings. The highest BCUT2D eigenvalue weighted by Gasteiger charge is 2.24. The maximum absolute atomic E-state index is 13.2. The zero-order valence-electron chi connectivity index (χ0n) is 12.4. The standard InChI is InChI=1S/C16H25F2N/c1-5-6-19-11-13(16(2,3)4)7-12-8-14(17)10-15(18)9-12/h8-10,13,19H,5-7,11H2,1-4H3. The summed E-state index contributed by atoms with van der Waals surface area (Å²) in [7, 11) is 0. The molecule has 1 aromatic carbocycles. The lowest BCUT2D eigenvalue weighted by Gasteiger charge is -2.31. The molecule has 1 aromatic rings. The molecule has 1 unspecified atom stereocenters. The Bertz CT molecular complexity index is 376. The number of halogens is 2. The SMILES string of the molecule is CCCNCC(Cc1cc(F)cc(F)c1)C(C)(C)C. The van der Waals surface area contributed by atoms with E-state index >= 15 is 0 Å². The van der Waals surface area contributed by atoms with Crippen molar-refractivity contribution in [2.45, 2.75) is 40.5 Å². The second-order valence-corrected chi connectivity index (χ2v) is 6.25. The number of hydrogen-bond donors (Lipinski definition) is 1. The van der Waals surface area contributed by atoms with Gasteiger partial charge >= 0.3 is 0 Å². The van der Waals surface area contributed by atoms with Crippen molar-refractivity contribution in [3.63, 3.8) is 0 Å². The van der Waals surface area contributed by atoms with E-state index in [1.807, 2.05) is 0 Å². The van der Waals surface area contributed by atoms with Crippen LogP contribution in [-0.2, 0) is 6.42 Å². The van der Waals surface area contributed by atoms with E-state index in [9.17, 15) is 8.78 Å². The molecule has 3 heteroatoms. The van der Waals surface area contributed by atoms with Gasteiger partial charge in [-0.25, -0.2) is 8.78 Å². The molecule has 19 heavy (non-hydrogen) atoms. The maximum atomic E-state index is 13.2. The highest BCUT2D eigenvalue weighted by Crippen LogP contribution is 2.29. The maximum Gasteiger partial charge on any atom is 0.126 e. The summed E-state index contributed by atoms with van der Waals surface area (Å²) in [6.07, 6.45) is 1.78. The van der Waals surface area contributed by atoms with Gasteiger partial charge in [0.05, 0.1) is 0 Å². The average Bonchev–Trinajstić information content (AvgIpc) is 2.25. The Balaban J connectivity index is 2.76. The van der Waals surface area contributed by atoms with Crippen molar-refractivity contribution < 1.29 is 8.78 Å². The second kappa shape index (κ2) is 6.99. The molecule has 0 heterocycles. The Morgan fingerprint density at radius 3 is 2.16 bits per heavy atom. The van der Waals surface area contributed by atoms with Gasteiger partial charge in [-0.05, 0) is 55.0 Å². The van der Waals surface area contributed by atoms with Crippen molar-refractivity contribution in [3.8, 4) is 0 Å². The van der Waals surface area contributed by atoms with Gasteiger partial charge in [0.25, 0.3) is 0 Å². The second-order valence-electron chi connectivity index (χ2n) is 6.25. The van der Waals surface area contributed by atoms with E-state index in [2.05, 4.69) is 33.0 Å². The van der Waals surface area contributed by atoms with E-state index in [0.29, 0.717) is 12.3 Å². The molecular formula is C16H25F2N. The molecule has 0 bridgehead atoms. The molecule has 1 atom stereocenters. The predicted octanol–water partition coefficient (Wildman–Crippen LogP) is 4.17. The minimum absolute atomic E-state index is 0.101. The quantitative estimate of drug-likeness (QED) is 0.764. The van der Waals surface area contributed by atoms with Crippen molar-refractivity contribution in [2.75, 3.05) is 13.1 Å². The van der Waals surface area contributed by atoms with E-state index in [1.165, 1.54) is 12.1 Å². The van der Waals surface area contributed by atoms with Gasteiger partial charge in [0.1, 0.15) is 11.6 Å². The van der Waals surface area contributed by atoms with Gasteiger partial charge in [-0.2, -0.15) is 0 Å². The third-order valence-corrected chi connectivity index (χ3v) is 3.45. The highest BCUT2D eigenvalue weighted by atomic mass is 19.1. The molecule has 1 nitrogen and oxygen atoms in total. The van der Waals surface area contributed by atoms with Gasteiger partial charge in [-0.15, -0.1) is 0 Å². The zero-order chi connectivity index (χ0) is 14.5.